The van der Waals surface area contributed by atoms with Crippen molar-refractivity contribution in [3.8, 4) is 0 Å². The first-order valence-electron chi connectivity index (χ1n) is 5.83. The first-order chi connectivity index (χ1) is 7.00. The van der Waals surface area contributed by atoms with Gasteiger partial charge in [-0.05, 0) is 12.3 Å². The van der Waals surface area contributed by atoms with Crippen LogP contribution in [-0.4, -0.2) is 19.5 Å². The van der Waals surface area contributed by atoms with Gasteiger partial charge in [0.05, 0.1) is 6.10 Å². The van der Waals surface area contributed by atoms with Crippen molar-refractivity contribution in [2.75, 3.05) is 7.11 Å². The summed E-state index contributed by atoms with van der Waals surface area (Å²) < 4.78 is 11.5. The standard InChI is InChI=1S/C14H28O2/c1-10(2)11(13(3,4)5)16-12(15-9)14(6,7)8/h11-12H,1H2,2-9H3. The zero-order chi connectivity index (χ0) is 13.1. The van der Waals surface area contributed by atoms with E-state index in [9.17, 15) is 0 Å². The Morgan fingerprint density at radius 1 is 1.00 bits per heavy atom. The van der Waals surface area contributed by atoms with Crippen LogP contribution >= 0.6 is 0 Å². The van der Waals surface area contributed by atoms with Crippen molar-refractivity contribution in [1.82, 2.24) is 0 Å². The molecule has 16 heavy (non-hydrogen) atoms. The van der Waals surface area contributed by atoms with Crippen molar-refractivity contribution in [2.45, 2.75) is 60.9 Å². The summed E-state index contributed by atoms with van der Waals surface area (Å²) in [5, 5.41) is 0. The van der Waals surface area contributed by atoms with E-state index in [4.69, 9.17) is 9.47 Å². The maximum Gasteiger partial charge on any atom is 0.162 e. The van der Waals surface area contributed by atoms with E-state index in [1.54, 1.807) is 7.11 Å². The summed E-state index contributed by atoms with van der Waals surface area (Å²) in [6.07, 6.45) is -0.204. The highest BCUT2D eigenvalue weighted by Gasteiger charge is 2.33. The Morgan fingerprint density at radius 2 is 1.44 bits per heavy atom. The zero-order valence-electron chi connectivity index (χ0n) is 12.2. The summed E-state index contributed by atoms with van der Waals surface area (Å²) in [5.74, 6) is 0. The van der Waals surface area contributed by atoms with Crippen LogP contribution in [-0.2, 0) is 9.47 Å². The summed E-state index contributed by atoms with van der Waals surface area (Å²) in [4.78, 5) is 0. The molecule has 0 aromatic carbocycles. The van der Waals surface area contributed by atoms with Crippen LogP contribution in [0.15, 0.2) is 12.2 Å². The molecule has 0 rings (SSSR count). The molecule has 0 bridgehead atoms. The molecule has 0 spiro atoms. The van der Waals surface area contributed by atoms with Crippen molar-refractivity contribution in [3.63, 3.8) is 0 Å². The predicted octanol–water partition coefficient (Wildman–Crippen LogP) is 4.01. The van der Waals surface area contributed by atoms with E-state index in [0.717, 1.165) is 5.57 Å². The molecule has 96 valence electrons. The quantitative estimate of drug-likeness (QED) is 0.534. The van der Waals surface area contributed by atoms with E-state index < -0.39 is 0 Å². The summed E-state index contributed by atoms with van der Waals surface area (Å²) >= 11 is 0. The van der Waals surface area contributed by atoms with Gasteiger partial charge >= 0.3 is 0 Å². The second kappa shape index (κ2) is 5.33. The summed E-state index contributed by atoms with van der Waals surface area (Å²) in [7, 11) is 1.69. The summed E-state index contributed by atoms with van der Waals surface area (Å²) in [6.45, 7) is 18.8. The molecule has 2 heteroatoms. The van der Waals surface area contributed by atoms with Gasteiger partial charge in [-0.1, -0.05) is 53.7 Å². The fourth-order valence-electron chi connectivity index (χ4n) is 1.80. The largest absolute Gasteiger partial charge is 0.355 e. The van der Waals surface area contributed by atoms with Gasteiger partial charge in [-0.25, -0.2) is 0 Å². The van der Waals surface area contributed by atoms with Gasteiger partial charge in [0.1, 0.15) is 0 Å². The third kappa shape index (κ3) is 4.67. The van der Waals surface area contributed by atoms with Crippen LogP contribution in [0.5, 0.6) is 0 Å². The van der Waals surface area contributed by atoms with Crippen molar-refractivity contribution in [2.24, 2.45) is 10.8 Å². The van der Waals surface area contributed by atoms with Crippen molar-refractivity contribution in [3.05, 3.63) is 12.2 Å². The number of methoxy groups -OCH3 is 1. The molecule has 2 unspecified atom stereocenters. The van der Waals surface area contributed by atoms with Crippen LogP contribution in [0, 0.1) is 10.8 Å². The minimum Gasteiger partial charge on any atom is -0.355 e. The lowest BCUT2D eigenvalue weighted by Gasteiger charge is -2.38. The zero-order valence-corrected chi connectivity index (χ0v) is 12.2. The van der Waals surface area contributed by atoms with E-state index in [1.807, 2.05) is 6.92 Å². The Kier molecular flexibility index (Phi) is 5.21. The Morgan fingerprint density at radius 3 is 1.62 bits per heavy atom. The van der Waals surface area contributed by atoms with Gasteiger partial charge in [0, 0.05) is 12.5 Å². The SMILES string of the molecule is C=C(C)C(OC(OC)C(C)(C)C)C(C)(C)C. The smallest absolute Gasteiger partial charge is 0.162 e. The Labute approximate surface area is 101 Å². The molecule has 0 amide bonds. The number of hydrogen-bond donors (Lipinski definition) is 0. The number of hydrogen-bond acceptors (Lipinski definition) is 2. The van der Waals surface area contributed by atoms with E-state index in [2.05, 4.69) is 48.1 Å². The highest BCUT2D eigenvalue weighted by Crippen LogP contribution is 2.32. The molecule has 0 aliphatic carbocycles. The molecule has 2 atom stereocenters. The monoisotopic (exact) mass is 228 g/mol. The molecular weight excluding hydrogens is 200 g/mol. The van der Waals surface area contributed by atoms with Crippen LogP contribution in [0.25, 0.3) is 0 Å². The highest BCUT2D eigenvalue weighted by molar-refractivity contribution is 5.03. The molecule has 0 aliphatic heterocycles. The van der Waals surface area contributed by atoms with Crippen molar-refractivity contribution >= 4 is 0 Å². The van der Waals surface area contributed by atoms with E-state index in [0.29, 0.717) is 0 Å². The molecule has 0 aromatic rings. The van der Waals surface area contributed by atoms with Gasteiger partial charge in [-0.3, -0.25) is 0 Å². The van der Waals surface area contributed by atoms with Crippen LogP contribution < -0.4 is 0 Å². The fraction of sp³-hybridized carbons (Fsp3) is 0.857. The van der Waals surface area contributed by atoms with Gasteiger partial charge in [0.15, 0.2) is 6.29 Å². The van der Waals surface area contributed by atoms with Crippen LogP contribution in [0.1, 0.15) is 48.5 Å². The Hall–Kier alpha value is -0.340. The predicted molar refractivity (Wildman–Crippen MR) is 69.4 cm³/mol. The molecule has 0 saturated carbocycles. The third-order valence-corrected chi connectivity index (χ3v) is 2.42. The molecule has 2 nitrogen and oxygen atoms in total. The minimum atomic E-state index is -0.214. The summed E-state index contributed by atoms with van der Waals surface area (Å²) in [6, 6.07) is 0. The first kappa shape index (κ1) is 15.7. The van der Waals surface area contributed by atoms with Crippen LogP contribution in [0.2, 0.25) is 0 Å². The molecule has 0 aromatic heterocycles. The highest BCUT2D eigenvalue weighted by atomic mass is 16.7. The van der Waals surface area contributed by atoms with Crippen molar-refractivity contribution < 1.29 is 9.47 Å². The van der Waals surface area contributed by atoms with Gasteiger partial charge in [0.25, 0.3) is 0 Å². The third-order valence-electron chi connectivity index (χ3n) is 2.42. The second-order valence-corrected chi connectivity index (χ2v) is 6.66. The molecule has 0 saturated heterocycles. The van der Waals surface area contributed by atoms with Gasteiger partial charge < -0.3 is 9.47 Å². The van der Waals surface area contributed by atoms with Gasteiger partial charge in [-0.15, -0.1) is 0 Å². The number of ether oxygens (including phenoxy) is 2. The lowest BCUT2D eigenvalue weighted by atomic mass is 9.85. The first-order valence-corrected chi connectivity index (χ1v) is 5.83. The van der Waals surface area contributed by atoms with E-state index in [-0.39, 0.29) is 23.2 Å². The lowest BCUT2D eigenvalue weighted by molar-refractivity contribution is -0.213. The number of rotatable bonds is 4. The Bertz CT molecular complexity index is 230. The molecule has 0 radical (unpaired) electrons. The summed E-state index contributed by atoms with van der Waals surface area (Å²) in [5.41, 5.74) is 1.04. The molecule has 0 N–H and O–H groups in total. The van der Waals surface area contributed by atoms with Gasteiger partial charge in [-0.2, -0.15) is 0 Å². The average Bonchev–Trinajstić information content (AvgIpc) is 1.99. The van der Waals surface area contributed by atoms with E-state index >= 15 is 0 Å². The maximum absolute atomic E-state index is 6.07. The van der Waals surface area contributed by atoms with Crippen molar-refractivity contribution in [1.29, 1.82) is 0 Å². The maximum atomic E-state index is 6.07. The molecular formula is C14H28O2. The molecule has 0 aliphatic rings. The fourth-order valence-corrected chi connectivity index (χ4v) is 1.80. The van der Waals surface area contributed by atoms with Crippen LogP contribution in [0.3, 0.4) is 0 Å². The second-order valence-electron chi connectivity index (χ2n) is 6.66. The Balaban J connectivity index is 4.82. The average molecular weight is 228 g/mol. The van der Waals surface area contributed by atoms with E-state index in [1.165, 1.54) is 0 Å². The molecule has 0 heterocycles. The van der Waals surface area contributed by atoms with Crippen LogP contribution in [0.4, 0.5) is 0 Å². The van der Waals surface area contributed by atoms with Gasteiger partial charge in [0.2, 0.25) is 0 Å². The topological polar surface area (TPSA) is 18.5 Å². The normalized spacial score (nSPS) is 17.0. The lowest BCUT2D eigenvalue weighted by Crippen LogP contribution is -2.40. The minimum absolute atomic E-state index is 0.0108. The molecule has 0 fully saturated rings.